The summed E-state index contributed by atoms with van der Waals surface area (Å²) < 4.78 is 5.78. The van der Waals surface area contributed by atoms with Crippen molar-refractivity contribution in [2.24, 2.45) is 0 Å². The van der Waals surface area contributed by atoms with Gasteiger partial charge in [0, 0.05) is 6.07 Å². The van der Waals surface area contributed by atoms with Crippen LogP contribution in [-0.2, 0) is 5.60 Å². The molecule has 0 aromatic heterocycles. The van der Waals surface area contributed by atoms with E-state index in [-0.39, 0.29) is 5.04 Å². The van der Waals surface area contributed by atoms with Crippen LogP contribution in [0.2, 0.25) is 5.04 Å². The van der Waals surface area contributed by atoms with Crippen molar-refractivity contribution in [3.63, 3.8) is 0 Å². The molecule has 0 heterocycles. The van der Waals surface area contributed by atoms with Crippen LogP contribution in [0, 0.1) is 6.07 Å². The predicted octanol–water partition coefficient (Wildman–Crippen LogP) is 2.40. The molecule has 0 unspecified atom stereocenters. The highest BCUT2D eigenvalue weighted by molar-refractivity contribution is 6.32. The summed E-state index contributed by atoms with van der Waals surface area (Å²) in [6.07, 6.45) is 0. The van der Waals surface area contributed by atoms with Gasteiger partial charge >= 0.3 is 0 Å². The third kappa shape index (κ3) is 4.37. The lowest BCUT2D eigenvalue weighted by Crippen LogP contribution is -2.17. The van der Waals surface area contributed by atoms with Crippen molar-refractivity contribution in [2.45, 2.75) is 45.3 Å². The molecule has 0 aliphatic rings. The van der Waals surface area contributed by atoms with E-state index in [1.807, 2.05) is 12.1 Å². The Bertz CT molecular complexity index is 348. The van der Waals surface area contributed by atoms with E-state index in [1.54, 1.807) is 19.9 Å². The first-order valence-corrected chi connectivity index (χ1v) is 6.84. The fourth-order valence-electron chi connectivity index (χ4n) is 1.20. The third-order valence-electron chi connectivity index (χ3n) is 2.14. The molecule has 0 aliphatic heterocycles. The Labute approximate surface area is 101 Å². The molecule has 0 atom stereocenters. The molecule has 0 bridgehead atoms. The summed E-state index contributed by atoms with van der Waals surface area (Å²) >= 11 is 0. The molecule has 1 radical (unpaired) electrons. The first-order chi connectivity index (χ1) is 7.18. The van der Waals surface area contributed by atoms with E-state index >= 15 is 0 Å². The monoisotopic (exact) mass is 237 g/mol. The lowest BCUT2D eigenvalue weighted by Gasteiger charge is -2.21. The Morgan fingerprint density at radius 2 is 1.88 bits per heavy atom. The van der Waals surface area contributed by atoms with Gasteiger partial charge in [0.2, 0.25) is 9.76 Å². The van der Waals surface area contributed by atoms with Gasteiger partial charge < -0.3 is 9.53 Å². The molecular weight excluding hydrogens is 216 g/mol. The van der Waals surface area contributed by atoms with Crippen LogP contribution in [0.15, 0.2) is 18.2 Å². The summed E-state index contributed by atoms with van der Waals surface area (Å²) in [6, 6.07) is 8.60. The Balaban J connectivity index is 2.76. The van der Waals surface area contributed by atoms with Gasteiger partial charge in [0.05, 0.1) is 5.60 Å². The number of benzene rings is 1. The van der Waals surface area contributed by atoms with Crippen molar-refractivity contribution in [1.82, 2.24) is 0 Å². The molecule has 2 nitrogen and oxygen atoms in total. The highest BCUT2D eigenvalue weighted by Crippen LogP contribution is 2.25. The van der Waals surface area contributed by atoms with Crippen molar-refractivity contribution in [2.75, 3.05) is 0 Å². The molecule has 1 rings (SSSR count). The number of rotatable bonds is 3. The lowest BCUT2D eigenvalue weighted by molar-refractivity contribution is 0.0784. The van der Waals surface area contributed by atoms with E-state index in [1.165, 1.54) is 0 Å². The molecule has 0 saturated carbocycles. The minimum Gasteiger partial charge on any atom is -0.548 e. The summed E-state index contributed by atoms with van der Waals surface area (Å²) in [5, 5.41) is 10.1. The normalized spacial score (nSPS) is 13.4. The molecule has 0 amide bonds. The lowest BCUT2D eigenvalue weighted by atomic mass is 9.98. The highest BCUT2D eigenvalue weighted by Gasteiger charge is 2.17. The second-order valence-corrected chi connectivity index (χ2v) is 8.55. The minimum atomic E-state index is -0.823. The van der Waals surface area contributed by atoms with Crippen LogP contribution in [0.3, 0.4) is 0 Å². The maximum absolute atomic E-state index is 9.88. The zero-order chi connectivity index (χ0) is 12.4. The molecule has 0 aliphatic carbocycles. The number of aliphatic hydroxyl groups is 1. The molecule has 1 N–H and O–H groups in total. The topological polar surface area (TPSA) is 29.5 Å². The van der Waals surface area contributed by atoms with Gasteiger partial charge in [0.25, 0.3) is 0 Å². The van der Waals surface area contributed by atoms with Crippen LogP contribution in [-0.4, -0.2) is 14.9 Å². The maximum Gasteiger partial charge on any atom is 0.224 e. The van der Waals surface area contributed by atoms with Crippen molar-refractivity contribution >= 4 is 9.76 Å². The van der Waals surface area contributed by atoms with Crippen LogP contribution < -0.4 is 4.43 Å². The average Bonchev–Trinajstić information content (AvgIpc) is 2.13. The van der Waals surface area contributed by atoms with Gasteiger partial charge in [-0.1, -0.05) is 32.9 Å². The Morgan fingerprint density at radius 3 is 2.38 bits per heavy atom. The van der Waals surface area contributed by atoms with E-state index in [0.717, 1.165) is 11.3 Å². The van der Waals surface area contributed by atoms with Gasteiger partial charge in [-0.2, -0.15) is 0 Å². The molecule has 3 heteroatoms. The Kier molecular flexibility index (Phi) is 3.81. The van der Waals surface area contributed by atoms with E-state index in [2.05, 4.69) is 26.8 Å². The molecule has 1 aromatic carbocycles. The van der Waals surface area contributed by atoms with Crippen molar-refractivity contribution < 1.29 is 9.53 Å². The zero-order valence-electron chi connectivity index (χ0n) is 10.8. The molecule has 1 aromatic rings. The first kappa shape index (κ1) is 13.3. The second-order valence-electron chi connectivity index (χ2n) is 5.85. The van der Waals surface area contributed by atoms with E-state index < -0.39 is 15.4 Å². The van der Waals surface area contributed by atoms with Crippen LogP contribution in [0.25, 0.3) is 0 Å². The molecule has 16 heavy (non-hydrogen) atoms. The quantitative estimate of drug-likeness (QED) is 0.818. The fourth-order valence-corrected chi connectivity index (χ4v) is 1.96. The van der Waals surface area contributed by atoms with Gasteiger partial charge in [-0.15, -0.1) is 0 Å². The summed E-state index contributed by atoms with van der Waals surface area (Å²) in [5.41, 5.74) is 0.0420. The van der Waals surface area contributed by atoms with E-state index in [9.17, 15) is 5.11 Å². The van der Waals surface area contributed by atoms with Crippen LogP contribution in [0.5, 0.6) is 5.75 Å². The van der Waals surface area contributed by atoms with E-state index in [0.29, 0.717) is 0 Å². The van der Waals surface area contributed by atoms with Crippen molar-refractivity contribution in [3.8, 4) is 5.75 Å². The summed E-state index contributed by atoms with van der Waals surface area (Å²) in [5.74, 6) is 0.751. The van der Waals surface area contributed by atoms with Crippen LogP contribution in [0.4, 0.5) is 0 Å². The van der Waals surface area contributed by atoms with Crippen molar-refractivity contribution in [1.29, 1.82) is 0 Å². The van der Waals surface area contributed by atoms with E-state index in [4.69, 9.17) is 4.43 Å². The fraction of sp³-hybridized carbons (Fsp3) is 0.538. The number of hydrogen-bond donors (Lipinski definition) is 1. The maximum atomic E-state index is 9.88. The molecule has 0 saturated heterocycles. The first-order valence-electron chi connectivity index (χ1n) is 5.56. The summed E-state index contributed by atoms with van der Waals surface area (Å²) in [4.78, 5) is 0. The summed E-state index contributed by atoms with van der Waals surface area (Å²) in [7, 11) is -0.621. The highest BCUT2D eigenvalue weighted by atomic mass is 28.2. The van der Waals surface area contributed by atoms with Gasteiger partial charge in [-0.3, -0.25) is 0 Å². The molecule has 89 valence electrons. The van der Waals surface area contributed by atoms with Crippen LogP contribution >= 0.6 is 0 Å². The largest absolute Gasteiger partial charge is 0.548 e. The van der Waals surface area contributed by atoms with Gasteiger partial charge in [-0.25, -0.2) is 0 Å². The van der Waals surface area contributed by atoms with Gasteiger partial charge in [0.15, 0.2) is 0 Å². The Hall–Kier alpha value is -0.803. The van der Waals surface area contributed by atoms with Gasteiger partial charge in [0.1, 0.15) is 5.75 Å². The molecular formula is C13H21O2Si. The minimum absolute atomic E-state index is 0.262. The SMILES string of the molecule is CC(C)(C)[SiH2]Oc1[c]ccc(C(C)(C)O)c1. The predicted molar refractivity (Wildman–Crippen MR) is 69.4 cm³/mol. The summed E-state index contributed by atoms with van der Waals surface area (Å²) in [6.45, 7) is 10.1. The second kappa shape index (κ2) is 4.59. The Morgan fingerprint density at radius 1 is 1.25 bits per heavy atom. The zero-order valence-corrected chi connectivity index (χ0v) is 12.2. The third-order valence-corrected chi connectivity index (χ3v) is 3.46. The molecule has 0 spiro atoms. The van der Waals surface area contributed by atoms with Crippen molar-refractivity contribution in [3.05, 3.63) is 29.8 Å². The smallest absolute Gasteiger partial charge is 0.224 e. The standard InChI is InChI=1S/C13H21O2Si/c1-12(2,3)16-15-11-8-6-7-10(9-11)13(4,5)14/h6-7,9,14H,16H2,1-5H3. The number of hydrogen-bond acceptors (Lipinski definition) is 2. The van der Waals surface area contributed by atoms with Gasteiger partial charge in [-0.05, 0) is 30.5 Å². The molecule has 0 fully saturated rings. The van der Waals surface area contributed by atoms with Crippen LogP contribution in [0.1, 0.15) is 40.2 Å². The average molecular weight is 237 g/mol.